The summed E-state index contributed by atoms with van der Waals surface area (Å²) in [5.41, 5.74) is 0.653. The van der Waals surface area contributed by atoms with E-state index in [0.717, 1.165) is 18.8 Å². The van der Waals surface area contributed by atoms with Gasteiger partial charge in [0.05, 0.1) is 0 Å². The summed E-state index contributed by atoms with van der Waals surface area (Å²) in [6.45, 7) is 13.7. The van der Waals surface area contributed by atoms with Gasteiger partial charge >= 0.3 is 0 Å². The van der Waals surface area contributed by atoms with Crippen LogP contribution in [0, 0.1) is 16.7 Å². The minimum absolute atomic E-state index is 0.262. The lowest BCUT2D eigenvalue weighted by Crippen LogP contribution is -2.48. The lowest BCUT2D eigenvalue weighted by molar-refractivity contribution is -0.137. The average Bonchev–Trinajstić information content (AvgIpc) is 2.54. The third-order valence-electron chi connectivity index (χ3n) is 5.33. The standard InChI is InChI=1S/C18H33NO/c1-17(2,3)10-9-16(20)19-14-7-8-15(19)12-13(11-14)18(4,5)6/h13-15H,7-12H2,1-6H3. The Morgan fingerprint density at radius 1 is 1.00 bits per heavy atom. The Bertz CT molecular complexity index is 347. The highest BCUT2D eigenvalue weighted by Gasteiger charge is 2.45. The summed E-state index contributed by atoms with van der Waals surface area (Å²) in [6, 6.07) is 1.07. The van der Waals surface area contributed by atoms with Crippen molar-refractivity contribution in [2.24, 2.45) is 16.7 Å². The number of carbonyl (C=O) groups excluding carboxylic acids is 1. The molecule has 20 heavy (non-hydrogen) atoms. The van der Waals surface area contributed by atoms with Crippen LogP contribution in [0.2, 0.25) is 0 Å². The molecule has 0 aliphatic carbocycles. The van der Waals surface area contributed by atoms with Gasteiger partial charge in [-0.2, -0.15) is 0 Å². The Labute approximate surface area is 125 Å². The summed E-state index contributed by atoms with van der Waals surface area (Å²) in [5, 5.41) is 0. The largest absolute Gasteiger partial charge is 0.337 e. The second-order valence-corrected chi connectivity index (χ2v) is 9.28. The first kappa shape index (κ1) is 15.9. The number of carbonyl (C=O) groups is 1. The molecule has 0 aromatic heterocycles. The number of rotatable bonds is 2. The SMILES string of the molecule is CC(C)(C)CCC(=O)N1C2CCC1CC(C(C)(C)C)C2. The first-order valence-electron chi connectivity index (χ1n) is 8.39. The topological polar surface area (TPSA) is 20.3 Å². The molecule has 2 nitrogen and oxygen atoms in total. The minimum Gasteiger partial charge on any atom is -0.337 e. The lowest BCUT2D eigenvalue weighted by atomic mass is 9.73. The maximum absolute atomic E-state index is 12.6. The first-order chi connectivity index (χ1) is 9.08. The molecule has 0 radical (unpaired) electrons. The molecule has 2 heteroatoms. The average molecular weight is 279 g/mol. The highest BCUT2D eigenvalue weighted by Crippen LogP contribution is 2.45. The number of nitrogens with zero attached hydrogens (tertiary/aromatic N) is 1. The van der Waals surface area contributed by atoms with Crippen molar-refractivity contribution in [1.82, 2.24) is 4.90 Å². The van der Waals surface area contributed by atoms with Crippen molar-refractivity contribution < 1.29 is 4.79 Å². The molecule has 2 bridgehead atoms. The molecule has 0 saturated carbocycles. The van der Waals surface area contributed by atoms with E-state index >= 15 is 0 Å². The molecule has 0 aromatic carbocycles. The van der Waals surface area contributed by atoms with Gasteiger partial charge in [-0.25, -0.2) is 0 Å². The van der Waals surface area contributed by atoms with Crippen LogP contribution in [0.25, 0.3) is 0 Å². The van der Waals surface area contributed by atoms with Gasteiger partial charge in [-0.05, 0) is 48.9 Å². The smallest absolute Gasteiger partial charge is 0.223 e. The predicted octanol–water partition coefficient (Wildman–Crippen LogP) is 4.63. The molecule has 1 amide bonds. The maximum Gasteiger partial charge on any atom is 0.223 e. The van der Waals surface area contributed by atoms with Crippen LogP contribution < -0.4 is 0 Å². The van der Waals surface area contributed by atoms with Crippen LogP contribution >= 0.6 is 0 Å². The zero-order chi connectivity index (χ0) is 15.1. The molecule has 2 fully saturated rings. The predicted molar refractivity (Wildman–Crippen MR) is 84.5 cm³/mol. The Kier molecular flexibility index (Phi) is 4.24. The fraction of sp³-hybridized carbons (Fsp3) is 0.944. The summed E-state index contributed by atoms with van der Waals surface area (Å²) in [7, 11) is 0. The van der Waals surface area contributed by atoms with Crippen molar-refractivity contribution in [3.63, 3.8) is 0 Å². The highest BCUT2D eigenvalue weighted by atomic mass is 16.2. The van der Waals surface area contributed by atoms with E-state index < -0.39 is 0 Å². The third-order valence-corrected chi connectivity index (χ3v) is 5.33. The molecule has 2 unspecified atom stereocenters. The first-order valence-corrected chi connectivity index (χ1v) is 8.39. The molecule has 2 aliphatic heterocycles. The van der Waals surface area contributed by atoms with E-state index in [9.17, 15) is 4.79 Å². The molecule has 0 N–H and O–H groups in total. The van der Waals surface area contributed by atoms with Crippen LogP contribution in [0.3, 0.4) is 0 Å². The van der Waals surface area contributed by atoms with Crippen LogP contribution in [0.5, 0.6) is 0 Å². The van der Waals surface area contributed by atoms with E-state index in [0.29, 0.717) is 23.4 Å². The Morgan fingerprint density at radius 3 is 1.90 bits per heavy atom. The van der Waals surface area contributed by atoms with Crippen molar-refractivity contribution in [2.75, 3.05) is 0 Å². The molecule has 0 spiro atoms. The number of hydrogen-bond acceptors (Lipinski definition) is 1. The van der Waals surface area contributed by atoms with Gasteiger partial charge in [0.25, 0.3) is 0 Å². The fourth-order valence-corrected chi connectivity index (χ4v) is 3.90. The van der Waals surface area contributed by atoms with Crippen molar-refractivity contribution >= 4 is 5.91 Å². The zero-order valence-corrected chi connectivity index (χ0v) is 14.3. The lowest BCUT2D eigenvalue weighted by Gasteiger charge is -2.44. The van der Waals surface area contributed by atoms with Crippen molar-refractivity contribution in [1.29, 1.82) is 0 Å². The third kappa shape index (κ3) is 3.56. The van der Waals surface area contributed by atoms with E-state index in [4.69, 9.17) is 0 Å². The van der Waals surface area contributed by atoms with Crippen molar-refractivity contribution in [3.05, 3.63) is 0 Å². The Balaban J connectivity index is 1.97. The second kappa shape index (κ2) is 5.35. The quantitative estimate of drug-likeness (QED) is 0.721. The summed E-state index contributed by atoms with van der Waals surface area (Å²) in [5.74, 6) is 1.20. The molecule has 2 heterocycles. The number of hydrogen-bond donors (Lipinski definition) is 0. The monoisotopic (exact) mass is 279 g/mol. The van der Waals surface area contributed by atoms with Crippen LogP contribution in [0.15, 0.2) is 0 Å². The number of fused-ring (bicyclic) bond motifs is 2. The van der Waals surface area contributed by atoms with Crippen molar-refractivity contribution in [2.45, 2.75) is 92.2 Å². The minimum atomic E-state index is 0.262. The van der Waals surface area contributed by atoms with E-state index in [1.54, 1.807) is 0 Å². The summed E-state index contributed by atoms with van der Waals surface area (Å²) >= 11 is 0. The van der Waals surface area contributed by atoms with E-state index in [1.807, 2.05) is 0 Å². The van der Waals surface area contributed by atoms with Crippen LogP contribution in [-0.2, 0) is 4.79 Å². The Morgan fingerprint density at radius 2 is 1.50 bits per heavy atom. The molecular weight excluding hydrogens is 246 g/mol. The number of piperidine rings is 1. The normalized spacial score (nSPS) is 30.7. The summed E-state index contributed by atoms with van der Waals surface area (Å²) < 4.78 is 0. The van der Waals surface area contributed by atoms with Crippen LogP contribution in [0.4, 0.5) is 0 Å². The molecule has 2 aliphatic rings. The molecule has 2 saturated heterocycles. The second-order valence-electron chi connectivity index (χ2n) is 9.28. The van der Waals surface area contributed by atoms with Gasteiger partial charge in [0, 0.05) is 18.5 Å². The summed E-state index contributed by atoms with van der Waals surface area (Å²) in [4.78, 5) is 14.9. The van der Waals surface area contributed by atoms with Gasteiger partial charge in [0.1, 0.15) is 0 Å². The van der Waals surface area contributed by atoms with Crippen molar-refractivity contribution in [3.8, 4) is 0 Å². The van der Waals surface area contributed by atoms with Gasteiger partial charge in [-0.15, -0.1) is 0 Å². The van der Waals surface area contributed by atoms with E-state index in [-0.39, 0.29) is 5.41 Å². The Hall–Kier alpha value is -0.530. The molecule has 116 valence electrons. The molecule has 2 atom stereocenters. The molecular formula is C18H33NO. The molecule has 0 aromatic rings. The maximum atomic E-state index is 12.6. The van der Waals surface area contributed by atoms with Gasteiger partial charge < -0.3 is 4.90 Å². The highest BCUT2D eigenvalue weighted by molar-refractivity contribution is 5.77. The van der Waals surface area contributed by atoms with Gasteiger partial charge in [-0.3, -0.25) is 4.79 Å². The van der Waals surface area contributed by atoms with Crippen LogP contribution in [-0.4, -0.2) is 22.9 Å². The van der Waals surface area contributed by atoms with E-state index in [1.165, 1.54) is 25.7 Å². The van der Waals surface area contributed by atoms with Gasteiger partial charge in [0.15, 0.2) is 0 Å². The number of amides is 1. The summed E-state index contributed by atoms with van der Waals surface area (Å²) in [6.07, 6.45) is 6.65. The molecule has 2 rings (SSSR count). The van der Waals surface area contributed by atoms with Gasteiger partial charge in [0.2, 0.25) is 5.91 Å². The fourth-order valence-electron chi connectivity index (χ4n) is 3.90. The van der Waals surface area contributed by atoms with E-state index in [2.05, 4.69) is 46.4 Å². The van der Waals surface area contributed by atoms with Crippen LogP contribution in [0.1, 0.15) is 80.1 Å². The van der Waals surface area contributed by atoms with Gasteiger partial charge in [-0.1, -0.05) is 41.5 Å². The zero-order valence-electron chi connectivity index (χ0n) is 14.3.